The minimum atomic E-state index is 0.0615. The quantitative estimate of drug-likeness (QED) is 0.702. The highest BCUT2D eigenvalue weighted by Gasteiger charge is 2.34. The van der Waals surface area contributed by atoms with Crippen LogP contribution in [0.25, 0.3) is 0 Å². The summed E-state index contributed by atoms with van der Waals surface area (Å²) in [5.41, 5.74) is 0.851. The summed E-state index contributed by atoms with van der Waals surface area (Å²) >= 11 is 6.23. The van der Waals surface area contributed by atoms with Crippen molar-refractivity contribution in [2.75, 3.05) is 13.1 Å². The smallest absolute Gasteiger partial charge is 0.253 e. The van der Waals surface area contributed by atoms with Gasteiger partial charge in [-0.05, 0) is 24.0 Å². The summed E-state index contributed by atoms with van der Waals surface area (Å²) in [5, 5.41) is 0.0615. The van der Waals surface area contributed by atoms with E-state index in [9.17, 15) is 4.79 Å². The highest BCUT2D eigenvalue weighted by atomic mass is 35.5. The van der Waals surface area contributed by atoms with Crippen LogP contribution in [0.4, 0.5) is 0 Å². The van der Waals surface area contributed by atoms with Crippen molar-refractivity contribution >= 4 is 17.5 Å². The molecular weight excluding hydrogens is 234 g/mol. The Morgan fingerprint density at radius 3 is 2.59 bits per heavy atom. The third kappa shape index (κ3) is 3.01. The Morgan fingerprint density at radius 2 is 2.00 bits per heavy atom. The van der Waals surface area contributed by atoms with Crippen LogP contribution < -0.4 is 0 Å². The predicted molar refractivity (Wildman–Crippen MR) is 70.4 cm³/mol. The van der Waals surface area contributed by atoms with Crippen LogP contribution in [0.3, 0.4) is 0 Å². The van der Waals surface area contributed by atoms with Gasteiger partial charge in [0.05, 0.1) is 5.38 Å². The molecule has 1 atom stereocenters. The fraction of sp³-hybridized carbons (Fsp3) is 0.500. The number of carbonyl (C=O) groups excluding carboxylic acids is 1. The molecule has 0 spiro atoms. The van der Waals surface area contributed by atoms with Gasteiger partial charge in [0.2, 0.25) is 0 Å². The summed E-state index contributed by atoms with van der Waals surface area (Å²) in [6.45, 7) is 5.75. The van der Waals surface area contributed by atoms with Gasteiger partial charge < -0.3 is 4.90 Å². The molecule has 1 fully saturated rings. The van der Waals surface area contributed by atoms with E-state index in [2.05, 4.69) is 13.8 Å². The minimum absolute atomic E-state index is 0.0615. The van der Waals surface area contributed by atoms with Crippen LogP contribution in [-0.4, -0.2) is 29.3 Å². The highest BCUT2D eigenvalue weighted by molar-refractivity contribution is 6.21. The standard InChI is InChI=1S/C14H18ClNO/c1-14(2)8-12(15)9-16(10-14)13(17)11-6-4-3-5-7-11/h3-7,12H,8-10H2,1-2H3. The van der Waals surface area contributed by atoms with Crippen LogP contribution in [0.5, 0.6) is 0 Å². The van der Waals surface area contributed by atoms with Gasteiger partial charge in [0.1, 0.15) is 0 Å². The van der Waals surface area contributed by atoms with Crippen molar-refractivity contribution in [1.82, 2.24) is 4.90 Å². The third-order valence-electron chi connectivity index (χ3n) is 3.12. The van der Waals surface area contributed by atoms with Crippen molar-refractivity contribution in [2.24, 2.45) is 5.41 Å². The molecule has 0 N–H and O–H groups in total. The van der Waals surface area contributed by atoms with E-state index < -0.39 is 0 Å². The van der Waals surface area contributed by atoms with E-state index in [0.29, 0.717) is 6.54 Å². The SMILES string of the molecule is CC1(C)CC(Cl)CN(C(=O)c2ccccc2)C1. The topological polar surface area (TPSA) is 20.3 Å². The van der Waals surface area contributed by atoms with E-state index in [4.69, 9.17) is 11.6 Å². The second-order valence-corrected chi connectivity index (χ2v) is 6.13. The van der Waals surface area contributed by atoms with Gasteiger partial charge in [-0.2, -0.15) is 0 Å². The Bertz CT molecular complexity index is 402. The van der Waals surface area contributed by atoms with Gasteiger partial charge in [-0.1, -0.05) is 32.0 Å². The summed E-state index contributed by atoms with van der Waals surface area (Å²) in [6.07, 6.45) is 0.965. The lowest BCUT2D eigenvalue weighted by atomic mass is 9.83. The molecule has 1 amide bonds. The maximum Gasteiger partial charge on any atom is 0.253 e. The number of likely N-dealkylation sites (tertiary alicyclic amines) is 1. The van der Waals surface area contributed by atoms with Gasteiger partial charge in [-0.15, -0.1) is 11.6 Å². The van der Waals surface area contributed by atoms with Crippen molar-refractivity contribution in [3.05, 3.63) is 35.9 Å². The number of halogens is 1. The molecule has 0 saturated carbocycles. The molecule has 92 valence electrons. The van der Waals surface area contributed by atoms with E-state index >= 15 is 0 Å². The first-order chi connectivity index (χ1) is 7.98. The van der Waals surface area contributed by atoms with Gasteiger partial charge >= 0.3 is 0 Å². The molecule has 1 aromatic carbocycles. The van der Waals surface area contributed by atoms with Crippen LogP contribution >= 0.6 is 11.6 Å². The average molecular weight is 252 g/mol. The Labute approximate surface area is 108 Å². The fourth-order valence-electron chi connectivity index (χ4n) is 2.47. The molecule has 1 unspecified atom stereocenters. The number of rotatable bonds is 1. The summed E-state index contributed by atoms with van der Waals surface area (Å²) in [5.74, 6) is 0.0871. The molecule has 1 heterocycles. The van der Waals surface area contributed by atoms with Crippen LogP contribution in [0.2, 0.25) is 0 Å². The molecule has 1 saturated heterocycles. The zero-order valence-corrected chi connectivity index (χ0v) is 11.1. The number of hydrogen-bond donors (Lipinski definition) is 0. The molecule has 0 bridgehead atoms. The largest absolute Gasteiger partial charge is 0.337 e. The second kappa shape index (κ2) is 4.69. The molecule has 1 aliphatic heterocycles. The highest BCUT2D eigenvalue weighted by Crippen LogP contribution is 2.31. The van der Waals surface area contributed by atoms with Gasteiger partial charge in [0, 0.05) is 18.7 Å². The number of piperidine rings is 1. The number of nitrogens with zero attached hydrogens (tertiary/aromatic N) is 1. The molecule has 0 aromatic heterocycles. The molecule has 3 heteroatoms. The molecule has 0 radical (unpaired) electrons. The van der Waals surface area contributed by atoms with E-state index in [1.54, 1.807) is 0 Å². The molecule has 17 heavy (non-hydrogen) atoms. The van der Waals surface area contributed by atoms with Crippen molar-refractivity contribution in [3.8, 4) is 0 Å². The summed E-state index contributed by atoms with van der Waals surface area (Å²) < 4.78 is 0. The van der Waals surface area contributed by atoms with Crippen molar-refractivity contribution in [1.29, 1.82) is 0 Å². The van der Waals surface area contributed by atoms with Crippen LogP contribution in [-0.2, 0) is 0 Å². The maximum atomic E-state index is 12.3. The van der Waals surface area contributed by atoms with Gasteiger partial charge in [-0.25, -0.2) is 0 Å². The third-order valence-corrected chi connectivity index (χ3v) is 3.41. The fourth-order valence-corrected chi connectivity index (χ4v) is 3.05. The lowest BCUT2D eigenvalue weighted by Crippen LogP contribution is -2.48. The number of alkyl halides is 1. The summed E-state index contributed by atoms with van der Waals surface area (Å²) in [4.78, 5) is 14.2. The number of benzene rings is 1. The van der Waals surface area contributed by atoms with Gasteiger partial charge in [-0.3, -0.25) is 4.79 Å². The predicted octanol–water partition coefficient (Wildman–Crippen LogP) is 3.17. The van der Waals surface area contributed by atoms with Crippen LogP contribution in [0.15, 0.2) is 30.3 Å². The zero-order chi connectivity index (χ0) is 12.5. The monoisotopic (exact) mass is 251 g/mol. The molecule has 2 nitrogen and oxygen atoms in total. The first-order valence-corrected chi connectivity index (χ1v) is 6.40. The minimum Gasteiger partial charge on any atom is -0.337 e. The van der Waals surface area contributed by atoms with E-state index in [-0.39, 0.29) is 16.7 Å². The van der Waals surface area contributed by atoms with E-state index in [1.807, 2.05) is 35.2 Å². The Morgan fingerprint density at radius 1 is 1.35 bits per heavy atom. The summed E-state index contributed by atoms with van der Waals surface area (Å²) in [7, 11) is 0. The molecule has 1 aromatic rings. The van der Waals surface area contributed by atoms with Gasteiger partial charge in [0.15, 0.2) is 0 Å². The Kier molecular flexibility index (Phi) is 3.43. The van der Waals surface area contributed by atoms with Crippen LogP contribution in [0.1, 0.15) is 30.6 Å². The van der Waals surface area contributed by atoms with Crippen molar-refractivity contribution in [2.45, 2.75) is 25.6 Å². The first-order valence-electron chi connectivity index (χ1n) is 5.96. The zero-order valence-electron chi connectivity index (χ0n) is 10.3. The van der Waals surface area contributed by atoms with Crippen molar-refractivity contribution in [3.63, 3.8) is 0 Å². The molecule has 2 rings (SSSR count). The first kappa shape index (κ1) is 12.4. The molecular formula is C14H18ClNO. The van der Waals surface area contributed by atoms with Gasteiger partial charge in [0.25, 0.3) is 5.91 Å². The normalized spacial score (nSPS) is 23.5. The maximum absolute atomic E-state index is 12.3. The number of hydrogen-bond acceptors (Lipinski definition) is 1. The lowest BCUT2D eigenvalue weighted by molar-refractivity contribution is 0.0590. The Balaban J connectivity index is 2.15. The summed E-state index contributed by atoms with van der Waals surface area (Å²) in [6, 6.07) is 9.41. The molecule has 0 aliphatic carbocycles. The number of amides is 1. The van der Waals surface area contributed by atoms with Crippen molar-refractivity contribution < 1.29 is 4.79 Å². The average Bonchev–Trinajstić information content (AvgIpc) is 2.26. The Hall–Kier alpha value is -1.02. The molecule has 1 aliphatic rings. The lowest BCUT2D eigenvalue weighted by Gasteiger charge is -2.40. The number of carbonyl (C=O) groups is 1. The second-order valence-electron chi connectivity index (χ2n) is 5.52. The van der Waals surface area contributed by atoms with Crippen LogP contribution in [0, 0.1) is 5.41 Å². The van der Waals surface area contributed by atoms with E-state index in [0.717, 1.165) is 18.5 Å². The van der Waals surface area contributed by atoms with E-state index in [1.165, 1.54) is 0 Å².